The molecule has 0 fully saturated rings. The summed E-state index contributed by atoms with van der Waals surface area (Å²) < 4.78 is 0. The average molecular weight is 352 g/mol. The molecule has 6 heteroatoms. The Morgan fingerprint density at radius 3 is 2.46 bits per heavy atom. The molecule has 1 aliphatic heterocycles. The Morgan fingerprint density at radius 1 is 1.08 bits per heavy atom. The highest BCUT2D eigenvalue weighted by atomic mass is 16.3. The third-order valence-corrected chi connectivity index (χ3v) is 4.26. The summed E-state index contributed by atoms with van der Waals surface area (Å²) in [6.45, 7) is 1.97. The minimum Gasteiger partial charge on any atom is -0.392 e. The first-order valence-electron chi connectivity index (χ1n) is 8.48. The predicted molar refractivity (Wildman–Crippen MR) is 96.0 cm³/mol. The fraction of sp³-hybridized carbons (Fsp3) is 0.250. The summed E-state index contributed by atoms with van der Waals surface area (Å²) in [6, 6.07) is 14.1. The van der Waals surface area contributed by atoms with Crippen LogP contribution in [0, 0.1) is 0 Å². The van der Waals surface area contributed by atoms with Crippen molar-refractivity contribution >= 4 is 17.7 Å². The van der Waals surface area contributed by atoms with Gasteiger partial charge in [-0.15, -0.1) is 0 Å². The topological polar surface area (TPSA) is 86.7 Å². The molecule has 2 aromatic carbocycles. The molecule has 3 amide bonds. The van der Waals surface area contributed by atoms with Gasteiger partial charge in [0.2, 0.25) is 0 Å². The van der Waals surface area contributed by atoms with Crippen molar-refractivity contribution in [3.8, 4) is 0 Å². The van der Waals surface area contributed by atoms with Crippen LogP contribution in [-0.4, -0.2) is 46.9 Å². The molecule has 26 heavy (non-hydrogen) atoms. The minimum absolute atomic E-state index is 0.117. The van der Waals surface area contributed by atoms with Gasteiger partial charge < -0.3 is 10.4 Å². The van der Waals surface area contributed by atoms with Gasteiger partial charge in [0.05, 0.1) is 17.2 Å². The second kappa shape index (κ2) is 7.49. The number of benzene rings is 2. The molecule has 134 valence electrons. The highest BCUT2D eigenvalue weighted by molar-refractivity contribution is 6.22. The number of nitrogens with one attached hydrogen (secondary N) is 1. The lowest BCUT2D eigenvalue weighted by Crippen LogP contribution is -2.31. The fourth-order valence-electron chi connectivity index (χ4n) is 2.86. The van der Waals surface area contributed by atoms with E-state index >= 15 is 0 Å². The molecule has 1 atom stereocenters. The standard InChI is InChI=1S/C20H20N2O4/c1-13(23)12-21-18(24)15-7-8-16-17(11-15)20(26)22(19(16)25)10-9-14-5-3-2-4-6-14/h2-8,11,13,23H,9-10,12H2,1H3,(H,21,24). The average Bonchev–Trinajstić information content (AvgIpc) is 2.89. The number of carbonyl (C=O) groups is 3. The van der Waals surface area contributed by atoms with Gasteiger partial charge >= 0.3 is 0 Å². The second-order valence-electron chi connectivity index (χ2n) is 6.32. The van der Waals surface area contributed by atoms with Crippen LogP contribution in [0.15, 0.2) is 48.5 Å². The summed E-state index contributed by atoms with van der Waals surface area (Å²) in [5, 5.41) is 11.8. The largest absolute Gasteiger partial charge is 0.392 e. The van der Waals surface area contributed by atoms with Crippen LogP contribution >= 0.6 is 0 Å². The molecule has 2 aromatic rings. The van der Waals surface area contributed by atoms with Crippen LogP contribution in [0.1, 0.15) is 43.6 Å². The van der Waals surface area contributed by atoms with E-state index in [1.165, 1.54) is 23.1 Å². The van der Waals surface area contributed by atoms with Crippen molar-refractivity contribution in [3.05, 3.63) is 70.8 Å². The van der Waals surface area contributed by atoms with Gasteiger partial charge in [-0.2, -0.15) is 0 Å². The van der Waals surface area contributed by atoms with E-state index in [-0.39, 0.29) is 29.5 Å². The Hall–Kier alpha value is -2.99. The Bertz CT molecular complexity index is 846. The zero-order valence-corrected chi connectivity index (χ0v) is 14.4. The summed E-state index contributed by atoms with van der Waals surface area (Å²) in [7, 11) is 0. The number of carbonyl (C=O) groups excluding carboxylic acids is 3. The number of amides is 3. The smallest absolute Gasteiger partial charge is 0.261 e. The van der Waals surface area contributed by atoms with E-state index in [0.717, 1.165) is 5.56 Å². The van der Waals surface area contributed by atoms with E-state index < -0.39 is 12.0 Å². The highest BCUT2D eigenvalue weighted by Gasteiger charge is 2.35. The Labute approximate surface area is 151 Å². The van der Waals surface area contributed by atoms with Crippen molar-refractivity contribution in [2.24, 2.45) is 0 Å². The maximum absolute atomic E-state index is 12.6. The monoisotopic (exact) mass is 352 g/mol. The molecule has 1 heterocycles. The number of fused-ring (bicyclic) bond motifs is 1. The molecule has 0 aliphatic carbocycles. The SMILES string of the molecule is CC(O)CNC(=O)c1ccc2c(c1)C(=O)N(CCc1ccccc1)C2=O. The molecule has 1 aliphatic rings. The number of rotatable bonds is 6. The summed E-state index contributed by atoms with van der Waals surface area (Å²) >= 11 is 0. The summed E-state index contributed by atoms with van der Waals surface area (Å²) in [4.78, 5) is 38.4. The first kappa shape index (κ1) is 17.8. The zero-order chi connectivity index (χ0) is 18.7. The van der Waals surface area contributed by atoms with E-state index in [1.807, 2.05) is 30.3 Å². The molecule has 0 bridgehead atoms. The normalized spacial score (nSPS) is 14.3. The van der Waals surface area contributed by atoms with Crippen molar-refractivity contribution in [2.75, 3.05) is 13.1 Å². The van der Waals surface area contributed by atoms with Crippen molar-refractivity contribution in [3.63, 3.8) is 0 Å². The Kier molecular flexibility index (Phi) is 5.14. The Morgan fingerprint density at radius 2 is 1.77 bits per heavy atom. The molecule has 0 saturated carbocycles. The lowest BCUT2D eigenvalue weighted by molar-refractivity contribution is 0.0656. The molecular weight excluding hydrogens is 332 g/mol. The highest BCUT2D eigenvalue weighted by Crippen LogP contribution is 2.24. The first-order chi connectivity index (χ1) is 12.5. The van der Waals surface area contributed by atoms with E-state index in [1.54, 1.807) is 6.92 Å². The molecule has 1 unspecified atom stereocenters. The van der Waals surface area contributed by atoms with Gasteiger partial charge in [0, 0.05) is 18.7 Å². The zero-order valence-electron chi connectivity index (χ0n) is 14.4. The minimum atomic E-state index is -0.662. The number of imide groups is 1. The van der Waals surface area contributed by atoms with Gasteiger partial charge in [0.25, 0.3) is 17.7 Å². The molecule has 0 spiro atoms. The van der Waals surface area contributed by atoms with Crippen LogP contribution in [0.3, 0.4) is 0 Å². The van der Waals surface area contributed by atoms with Crippen molar-refractivity contribution < 1.29 is 19.5 Å². The van der Waals surface area contributed by atoms with Gasteiger partial charge in [-0.3, -0.25) is 19.3 Å². The van der Waals surface area contributed by atoms with Gasteiger partial charge in [-0.05, 0) is 37.1 Å². The van der Waals surface area contributed by atoms with E-state index in [2.05, 4.69) is 5.32 Å². The van der Waals surface area contributed by atoms with Crippen molar-refractivity contribution in [1.29, 1.82) is 0 Å². The van der Waals surface area contributed by atoms with Crippen LogP contribution in [-0.2, 0) is 6.42 Å². The van der Waals surface area contributed by atoms with E-state index in [0.29, 0.717) is 18.5 Å². The number of hydrogen-bond acceptors (Lipinski definition) is 4. The van der Waals surface area contributed by atoms with Crippen LogP contribution < -0.4 is 5.32 Å². The fourth-order valence-corrected chi connectivity index (χ4v) is 2.86. The third kappa shape index (κ3) is 3.65. The molecular formula is C20H20N2O4. The molecule has 0 saturated heterocycles. The molecule has 2 N–H and O–H groups in total. The van der Waals surface area contributed by atoms with Gasteiger partial charge in [-0.25, -0.2) is 0 Å². The van der Waals surface area contributed by atoms with Crippen LogP contribution in [0.25, 0.3) is 0 Å². The molecule has 6 nitrogen and oxygen atoms in total. The Balaban J connectivity index is 1.74. The van der Waals surface area contributed by atoms with E-state index in [9.17, 15) is 19.5 Å². The van der Waals surface area contributed by atoms with Crippen LogP contribution in [0.5, 0.6) is 0 Å². The lowest BCUT2D eigenvalue weighted by Gasteiger charge is -2.13. The summed E-state index contributed by atoms with van der Waals surface area (Å²) in [5.74, 6) is -1.11. The molecule has 0 aromatic heterocycles. The van der Waals surface area contributed by atoms with Gasteiger partial charge in [0.1, 0.15) is 0 Å². The number of hydrogen-bond donors (Lipinski definition) is 2. The van der Waals surface area contributed by atoms with Crippen molar-refractivity contribution in [1.82, 2.24) is 10.2 Å². The van der Waals surface area contributed by atoms with Crippen LogP contribution in [0.4, 0.5) is 0 Å². The summed E-state index contributed by atoms with van der Waals surface area (Å²) in [5.41, 5.74) is 1.89. The number of nitrogens with zero attached hydrogens (tertiary/aromatic N) is 1. The molecule has 0 radical (unpaired) electrons. The van der Waals surface area contributed by atoms with Crippen LogP contribution in [0.2, 0.25) is 0 Å². The summed E-state index contributed by atoms with van der Waals surface area (Å²) in [6.07, 6.45) is -0.0846. The van der Waals surface area contributed by atoms with Gasteiger partial charge in [0.15, 0.2) is 0 Å². The number of aliphatic hydroxyl groups is 1. The lowest BCUT2D eigenvalue weighted by atomic mass is 10.1. The maximum Gasteiger partial charge on any atom is 0.261 e. The van der Waals surface area contributed by atoms with Gasteiger partial charge in [-0.1, -0.05) is 30.3 Å². The predicted octanol–water partition coefficient (Wildman–Crippen LogP) is 1.64. The number of aliphatic hydroxyl groups excluding tert-OH is 1. The van der Waals surface area contributed by atoms with Crippen molar-refractivity contribution in [2.45, 2.75) is 19.4 Å². The van der Waals surface area contributed by atoms with E-state index in [4.69, 9.17) is 0 Å². The quantitative estimate of drug-likeness (QED) is 0.774. The molecule has 3 rings (SSSR count). The maximum atomic E-state index is 12.6. The third-order valence-electron chi connectivity index (χ3n) is 4.26. The first-order valence-corrected chi connectivity index (χ1v) is 8.48. The second-order valence-corrected chi connectivity index (χ2v) is 6.32.